The molecule has 2 aromatic rings. The second kappa shape index (κ2) is 5.80. The van der Waals surface area contributed by atoms with Gasteiger partial charge in [0, 0.05) is 12.6 Å². The van der Waals surface area contributed by atoms with Crippen molar-refractivity contribution in [3.8, 4) is 6.07 Å². The first-order chi connectivity index (χ1) is 9.60. The fourth-order valence-corrected chi connectivity index (χ4v) is 1.68. The number of benzene rings is 1. The first kappa shape index (κ1) is 13.5. The summed E-state index contributed by atoms with van der Waals surface area (Å²) in [5.74, 6) is 0.438. The zero-order valence-corrected chi connectivity index (χ0v) is 10.8. The van der Waals surface area contributed by atoms with Crippen LogP contribution < -0.4 is 5.32 Å². The summed E-state index contributed by atoms with van der Waals surface area (Å²) in [7, 11) is 0. The minimum absolute atomic E-state index is 0.191. The molecule has 0 aliphatic heterocycles. The van der Waals surface area contributed by atoms with Crippen LogP contribution in [-0.4, -0.2) is 9.91 Å². The van der Waals surface area contributed by atoms with E-state index in [1.165, 1.54) is 17.7 Å². The number of nitrogens with one attached hydrogen (secondary N) is 1. The first-order valence-electron chi connectivity index (χ1n) is 5.95. The lowest BCUT2D eigenvalue weighted by Crippen LogP contribution is -2.03. The number of pyridine rings is 1. The Balaban J connectivity index is 2.12. The highest BCUT2D eigenvalue weighted by Gasteiger charge is 2.15. The third-order valence-electron chi connectivity index (χ3n) is 2.77. The molecule has 6 nitrogen and oxygen atoms in total. The lowest BCUT2D eigenvalue weighted by Gasteiger charge is -2.06. The van der Waals surface area contributed by atoms with E-state index < -0.39 is 4.92 Å². The van der Waals surface area contributed by atoms with Gasteiger partial charge in [0.05, 0.1) is 4.92 Å². The minimum atomic E-state index is -0.616. The van der Waals surface area contributed by atoms with E-state index in [0.29, 0.717) is 12.4 Å². The zero-order valence-electron chi connectivity index (χ0n) is 10.8. The van der Waals surface area contributed by atoms with Crippen LogP contribution in [0.15, 0.2) is 36.4 Å². The molecule has 0 aliphatic carbocycles. The van der Waals surface area contributed by atoms with Crippen molar-refractivity contribution in [3.05, 3.63) is 63.3 Å². The van der Waals surface area contributed by atoms with E-state index >= 15 is 0 Å². The zero-order chi connectivity index (χ0) is 14.5. The lowest BCUT2D eigenvalue weighted by atomic mass is 10.1. The molecule has 100 valence electrons. The van der Waals surface area contributed by atoms with Gasteiger partial charge in [0.1, 0.15) is 11.9 Å². The number of rotatable bonds is 4. The topological polar surface area (TPSA) is 91.9 Å². The predicted octanol–water partition coefficient (Wildman–Crippen LogP) is 2.78. The summed E-state index contributed by atoms with van der Waals surface area (Å²) < 4.78 is 0. The lowest BCUT2D eigenvalue weighted by molar-refractivity contribution is -0.385. The highest BCUT2D eigenvalue weighted by molar-refractivity contribution is 5.50. The van der Waals surface area contributed by atoms with Gasteiger partial charge >= 0.3 is 5.69 Å². The van der Waals surface area contributed by atoms with Gasteiger partial charge in [-0.05, 0) is 18.6 Å². The molecule has 2 rings (SSSR count). The molecule has 1 aromatic carbocycles. The Labute approximate surface area is 115 Å². The SMILES string of the molecule is Cc1ccc(CNc2ccc([N+](=O)[O-])c(C#N)n2)cc1. The van der Waals surface area contributed by atoms with Crippen molar-refractivity contribution in [2.75, 3.05) is 5.32 Å². The molecular formula is C14H12N4O2. The smallest absolute Gasteiger partial charge is 0.305 e. The standard InChI is InChI=1S/C14H12N4O2/c1-10-2-4-11(5-3-10)9-16-14-7-6-13(18(19)20)12(8-15)17-14/h2-7H,9H2,1H3,(H,16,17). The van der Waals surface area contributed by atoms with E-state index in [1.807, 2.05) is 31.2 Å². The van der Waals surface area contributed by atoms with Crippen LogP contribution in [0.2, 0.25) is 0 Å². The van der Waals surface area contributed by atoms with Crippen molar-refractivity contribution in [1.82, 2.24) is 4.98 Å². The summed E-state index contributed by atoms with van der Waals surface area (Å²) in [4.78, 5) is 14.0. The largest absolute Gasteiger partial charge is 0.366 e. The Bertz CT molecular complexity index is 675. The van der Waals surface area contributed by atoms with Gasteiger partial charge in [0.15, 0.2) is 0 Å². The first-order valence-corrected chi connectivity index (χ1v) is 5.95. The molecule has 1 aromatic heterocycles. The van der Waals surface area contributed by atoms with Crippen LogP contribution in [0, 0.1) is 28.4 Å². The predicted molar refractivity (Wildman–Crippen MR) is 74.1 cm³/mol. The maximum atomic E-state index is 10.7. The highest BCUT2D eigenvalue weighted by atomic mass is 16.6. The third kappa shape index (κ3) is 3.09. The quantitative estimate of drug-likeness (QED) is 0.680. The Kier molecular flexibility index (Phi) is 3.91. The molecule has 1 heterocycles. The summed E-state index contributed by atoms with van der Waals surface area (Å²) in [6.45, 7) is 2.55. The number of hydrogen-bond donors (Lipinski definition) is 1. The van der Waals surface area contributed by atoms with Crippen molar-refractivity contribution in [2.24, 2.45) is 0 Å². The van der Waals surface area contributed by atoms with Crippen molar-refractivity contribution in [1.29, 1.82) is 5.26 Å². The van der Waals surface area contributed by atoms with Crippen molar-refractivity contribution in [3.63, 3.8) is 0 Å². The average Bonchev–Trinajstić information content (AvgIpc) is 2.46. The maximum absolute atomic E-state index is 10.7. The van der Waals surface area contributed by atoms with Crippen LogP contribution >= 0.6 is 0 Å². The van der Waals surface area contributed by atoms with E-state index in [-0.39, 0.29) is 11.4 Å². The molecule has 0 atom stereocenters. The normalized spacial score (nSPS) is 9.80. The summed E-state index contributed by atoms with van der Waals surface area (Å²) in [5, 5.41) is 22.6. The van der Waals surface area contributed by atoms with Gasteiger partial charge in [0.25, 0.3) is 0 Å². The molecule has 0 spiro atoms. The molecule has 0 aliphatic rings. The number of nitro groups is 1. The van der Waals surface area contributed by atoms with Crippen molar-refractivity contribution < 1.29 is 4.92 Å². The second-order valence-corrected chi connectivity index (χ2v) is 4.27. The van der Waals surface area contributed by atoms with Crippen molar-refractivity contribution >= 4 is 11.5 Å². The van der Waals surface area contributed by atoms with Gasteiger partial charge in [-0.2, -0.15) is 5.26 Å². The summed E-state index contributed by atoms with van der Waals surface area (Å²) in [6.07, 6.45) is 0. The molecule has 0 unspecified atom stereocenters. The van der Waals surface area contributed by atoms with E-state index in [9.17, 15) is 10.1 Å². The van der Waals surface area contributed by atoms with Crippen molar-refractivity contribution in [2.45, 2.75) is 13.5 Å². The molecule has 1 N–H and O–H groups in total. The molecular weight excluding hydrogens is 256 g/mol. The van der Waals surface area contributed by atoms with Crippen LogP contribution in [0.3, 0.4) is 0 Å². The fraction of sp³-hybridized carbons (Fsp3) is 0.143. The van der Waals surface area contributed by atoms with Gasteiger partial charge in [-0.15, -0.1) is 0 Å². The number of anilines is 1. The van der Waals surface area contributed by atoms with Crippen LogP contribution in [-0.2, 0) is 6.54 Å². The Morgan fingerprint density at radius 1 is 1.30 bits per heavy atom. The minimum Gasteiger partial charge on any atom is -0.366 e. The summed E-state index contributed by atoms with van der Waals surface area (Å²) >= 11 is 0. The fourth-order valence-electron chi connectivity index (χ4n) is 1.68. The molecule has 0 fully saturated rings. The molecule has 20 heavy (non-hydrogen) atoms. The third-order valence-corrected chi connectivity index (χ3v) is 2.77. The molecule has 6 heteroatoms. The molecule has 0 saturated carbocycles. The number of aromatic nitrogens is 1. The van der Waals surface area contributed by atoms with Gasteiger partial charge < -0.3 is 5.32 Å². The number of aryl methyl sites for hydroxylation is 1. The van der Waals surface area contributed by atoms with Crippen LogP contribution in [0.1, 0.15) is 16.8 Å². The summed E-state index contributed by atoms with van der Waals surface area (Å²) in [6, 6.07) is 12.5. The Morgan fingerprint density at radius 3 is 2.60 bits per heavy atom. The number of hydrogen-bond acceptors (Lipinski definition) is 5. The maximum Gasteiger partial charge on any atom is 0.305 e. The molecule has 0 bridgehead atoms. The monoisotopic (exact) mass is 268 g/mol. The van der Waals surface area contributed by atoms with Crippen LogP contribution in [0.4, 0.5) is 11.5 Å². The molecule has 0 radical (unpaired) electrons. The summed E-state index contributed by atoms with van der Waals surface area (Å²) in [5.41, 5.74) is 1.76. The Hall–Kier alpha value is -2.94. The van der Waals surface area contributed by atoms with Gasteiger partial charge in [-0.3, -0.25) is 10.1 Å². The van der Waals surface area contributed by atoms with E-state index in [0.717, 1.165) is 5.56 Å². The van der Waals surface area contributed by atoms with E-state index in [2.05, 4.69) is 10.3 Å². The van der Waals surface area contributed by atoms with E-state index in [4.69, 9.17) is 5.26 Å². The van der Waals surface area contributed by atoms with Gasteiger partial charge in [-0.1, -0.05) is 29.8 Å². The van der Waals surface area contributed by atoms with Gasteiger partial charge in [0.2, 0.25) is 5.69 Å². The number of nitrogens with zero attached hydrogens (tertiary/aromatic N) is 3. The van der Waals surface area contributed by atoms with Gasteiger partial charge in [-0.25, -0.2) is 4.98 Å². The number of nitriles is 1. The average molecular weight is 268 g/mol. The molecule has 0 saturated heterocycles. The highest BCUT2D eigenvalue weighted by Crippen LogP contribution is 2.18. The van der Waals surface area contributed by atoms with Crippen LogP contribution in [0.25, 0.3) is 0 Å². The van der Waals surface area contributed by atoms with E-state index in [1.54, 1.807) is 6.07 Å². The molecule has 0 amide bonds. The second-order valence-electron chi connectivity index (χ2n) is 4.27. The van der Waals surface area contributed by atoms with Crippen LogP contribution in [0.5, 0.6) is 0 Å². The Morgan fingerprint density at radius 2 is 2.00 bits per heavy atom.